The van der Waals surface area contributed by atoms with Crippen LogP contribution in [-0.2, 0) is 20.1 Å². The Bertz CT molecular complexity index is 656. The zero-order valence-electron chi connectivity index (χ0n) is 14.2. The second-order valence-corrected chi connectivity index (χ2v) is 6.63. The maximum atomic E-state index is 5.94. The number of aromatic nitrogens is 2. The van der Waals surface area contributed by atoms with Crippen molar-refractivity contribution in [2.45, 2.75) is 39.3 Å². The van der Waals surface area contributed by atoms with Crippen molar-refractivity contribution in [1.29, 1.82) is 0 Å². The van der Waals surface area contributed by atoms with Crippen LogP contribution in [0.15, 0.2) is 16.5 Å². The van der Waals surface area contributed by atoms with E-state index in [1.807, 2.05) is 11.7 Å². The fraction of sp³-hybridized carbons (Fsp3) is 0.588. The molecule has 0 aromatic carbocycles. The third-order valence-electron chi connectivity index (χ3n) is 4.50. The predicted octanol–water partition coefficient (Wildman–Crippen LogP) is 2.80. The van der Waals surface area contributed by atoms with Gasteiger partial charge < -0.3 is 14.6 Å². The molecule has 5 heteroatoms. The molecule has 2 aromatic rings. The van der Waals surface area contributed by atoms with Gasteiger partial charge in [-0.3, -0.25) is 4.68 Å². The summed E-state index contributed by atoms with van der Waals surface area (Å²) in [6.07, 6.45) is 1.27. The van der Waals surface area contributed by atoms with Gasteiger partial charge in [0.05, 0.1) is 12.2 Å². The number of nitrogens with one attached hydrogen (secondary N) is 1. The summed E-state index contributed by atoms with van der Waals surface area (Å²) in [7, 11) is 6.09. The highest BCUT2D eigenvalue weighted by atomic mass is 16.3. The molecule has 0 bridgehead atoms. The van der Waals surface area contributed by atoms with Gasteiger partial charge >= 0.3 is 0 Å². The van der Waals surface area contributed by atoms with Crippen LogP contribution in [0.3, 0.4) is 0 Å². The molecular weight excluding hydrogens is 276 g/mol. The molecule has 22 heavy (non-hydrogen) atoms. The first-order chi connectivity index (χ1) is 10.5. The van der Waals surface area contributed by atoms with Crippen LogP contribution >= 0.6 is 0 Å². The van der Waals surface area contributed by atoms with Gasteiger partial charge in [0.1, 0.15) is 17.3 Å². The summed E-state index contributed by atoms with van der Waals surface area (Å²) in [5.41, 5.74) is 2.32. The van der Waals surface area contributed by atoms with Crippen molar-refractivity contribution < 1.29 is 4.42 Å². The van der Waals surface area contributed by atoms with Crippen LogP contribution in [0.5, 0.6) is 0 Å². The van der Waals surface area contributed by atoms with Crippen LogP contribution in [0.4, 0.5) is 5.82 Å². The summed E-state index contributed by atoms with van der Waals surface area (Å²) in [4.78, 5) is 2.11. The molecule has 2 aromatic heterocycles. The molecule has 0 spiro atoms. The quantitative estimate of drug-likeness (QED) is 0.891. The number of anilines is 1. The minimum atomic E-state index is 0.648. The lowest BCUT2D eigenvalue weighted by atomic mass is 10.2. The average Bonchev–Trinajstić information content (AvgIpc) is 2.88. The second kappa shape index (κ2) is 5.80. The van der Waals surface area contributed by atoms with E-state index in [0.29, 0.717) is 5.92 Å². The van der Waals surface area contributed by atoms with Crippen molar-refractivity contribution in [2.75, 3.05) is 19.0 Å². The summed E-state index contributed by atoms with van der Waals surface area (Å²) in [5.74, 6) is 4.75. The van der Waals surface area contributed by atoms with Gasteiger partial charge in [0.2, 0.25) is 0 Å². The van der Waals surface area contributed by atoms with E-state index in [9.17, 15) is 0 Å². The number of hydrogen-bond acceptors (Lipinski definition) is 4. The summed E-state index contributed by atoms with van der Waals surface area (Å²) < 4.78 is 7.87. The van der Waals surface area contributed by atoms with Gasteiger partial charge in [-0.15, -0.1) is 0 Å². The molecule has 1 aliphatic rings. The molecular formula is C17H26N4O. The van der Waals surface area contributed by atoms with Crippen LogP contribution in [-0.4, -0.2) is 23.9 Å². The van der Waals surface area contributed by atoms with E-state index in [4.69, 9.17) is 4.42 Å². The van der Waals surface area contributed by atoms with Gasteiger partial charge in [-0.25, -0.2) is 0 Å². The maximum absolute atomic E-state index is 5.94. The van der Waals surface area contributed by atoms with Gasteiger partial charge in [0.25, 0.3) is 0 Å². The van der Waals surface area contributed by atoms with Crippen LogP contribution < -0.4 is 10.2 Å². The Kier molecular flexibility index (Phi) is 4.00. The minimum Gasteiger partial charge on any atom is -0.464 e. The highest BCUT2D eigenvalue weighted by Crippen LogP contribution is 2.47. The van der Waals surface area contributed by atoms with Crippen molar-refractivity contribution in [3.63, 3.8) is 0 Å². The van der Waals surface area contributed by atoms with E-state index in [1.165, 1.54) is 12.0 Å². The van der Waals surface area contributed by atoms with Crippen LogP contribution in [0, 0.1) is 12.8 Å². The number of hydrogen-bond donors (Lipinski definition) is 1. The molecule has 0 radical (unpaired) electrons. The van der Waals surface area contributed by atoms with E-state index < -0.39 is 0 Å². The number of rotatable bonds is 6. The second-order valence-electron chi connectivity index (χ2n) is 6.63. The predicted molar refractivity (Wildman–Crippen MR) is 88.0 cm³/mol. The Balaban J connectivity index is 1.60. The monoisotopic (exact) mass is 302 g/mol. The van der Waals surface area contributed by atoms with E-state index in [0.717, 1.165) is 42.0 Å². The molecule has 0 aliphatic heterocycles. The Labute approximate surface area is 132 Å². The van der Waals surface area contributed by atoms with Gasteiger partial charge in [0, 0.05) is 39.2 Å². The average molecular weight is 302 g/mol. The van der Waals surface area contributed by atoms with E-state index >= 15 is 0 Å². The largest absolute Gasteiger partial charge is 0.464 e. The highest BCUT2D eigenvalue weighted by molar-refractivity contribution is 5.48. The molecule has 1 fully saturated rings. The SMILES string of the molecule is Cc1nn(C)c(N(C)C)c1CNCc1ccc(C2CC2C)o1. The Hall–Kier alpha value is -1.75. The Morgan fingerprint density at radius 1 is 1.36 bits per heavy atom. The lowest BCUT2D eigenvalue weighted by molar-refractivity contribution is 0.444. The van der Waals surface area contributed by atoms with Crippen molar-refractivity contribution in [1.82, 2.24) is 15.1 Å². The molecule has 120 valence electrons. The molecule has 3 rings (SSSR count). The zero-order valence-corrected chi connectivity index (χ0v) is 14.2. The molecule has 2 unspecified atom stereocenters. The lowest BCUT2D eigenvalue weighted by Crippen LogP contribution is -2.18. The third-order valence-corrected chi connectivity index (χ3v) is 4.50. The van der Waals surface area contributed by atoms with Gasteiger partial charge in [-0.1, -0.05) is 6.92 Å². The molecule has 1 N–H and O–H groups in total. The van der Waals surface area contributed by atoms with E-state index in [2.05, 4.69) is 55.4 Å². The molecule has 0 amide bonds. The topological polar surface area (TPSA) is 46.2 Å². The fourth-order valence-electron chi connectivity index (χ4n) is 3.17. The normalized spacial score (nSPS) is 20.4. The molecule has 1 saturated carbocycles. The van der Waals surface area contributed by atoms with Gasteiger partial charge in [-0.05, 0) is 31.4 Å². The van der Waals surface area contributed by atoms with Crippen molar-refractivity contribution >= 4 is 5.82 Å². The van der Waals surface area contributed by atoms with Crippen molar-refractivity contribution in [2.24, 2.45) is 13.0 Å². The van der Waals surface area contributed by atoms with Crippen LogP contribution in [0.2, 0.25) is 0 Å². The summed E-state index contributed by atoms with van der Waals surface area (Å²) >= 11 is 0. The zero-order chi connectivity index (χ0) is 15.9. The minimum absolute atomic E-state index is 0.648. The lowest BCUT2D eigenvalue weighted by Gasteiger charge is -2.15. The molecule has 2 atom stereocenters. The summed E-state index contributed by atoms with van der Waals surface area (Å²) in [6, 6.07) is 4.22. The molecule has 1 aliphatic carbocycles. The first kappa shape index (κ1) is 15.2. The Morgan fingerprint density at radius 3 is 2.73 bits per heavy atom. The smallest absolute Gasteiger partial charge is 0.130 e. The van der Waals surface area contributed by atoms with E-state index in [-0.39, 0.29) is 0 Å². The third kappa shape index (κ3) is 2.90. The fourth-order valence-corrected chi connectivity index (χ4v) is 3.17. The van der Waals surface area contributed by atoms with Gasteiger partial charge in [0.15, 0.2) is 0 Å². The first-order valence-electron chi connectivity index (χ1n) is 7.96. The summed E-state index contributed by atoms with van der Waals surface area (Å²) in [6.45, 7) is 5.88. The molecule has 5 nitrogen and oxygen atoms in total. The molecule has 0 saturated heterocycles. The number of furan rings is 1. The van der Waals surface area contributed by atoms with Crippen molar-refractivity contribution in [3.8, 4) is 0 Å². The number of aryl methyl sites for hydroxylation is 2. The summed E-state index contributed by atoms with van der Waals surface area (Å²) in [5, 5.41) is 7.99. The first-order valence-corrected chi connectivity index (χ1v) is 7.96. The number of nitrogens with zero attached hydrogens (tertiary/aromatic N) is 3. The van der Waals surface area contributed by atoms with Gasteiger partial charge in [-0.2, -0.15) is 5.10 Å². The highest BCUT2D eigenvalue weighted by Gasteiger charge is 2.36. The maximum Gasteiger partial charge on any atom is 0.130 e. The van der Waals surface area contributed by atoms with E-state index in [1.54, 1.807) is 0 Å². The molecule has 2 heterocycles. The van der Waals surface area contributed by atoms with Crippen molar-refractivity contribution in [3.05, 3.63) is 34.9 Å². The van der Waals surface area contributed by atoms with Crippen LogP contribution in [0.25, 0.3) is 0 Å². The van der Waals surface area contributed by atoms with Crippen LogP contribution in [0.1, 0.15) is 42.0 Å². The Morgan fingerprint density at radius 2 is 2.09 bits per heavy atom. The standard InChI is InChI=1S/C17H26N4O/c1-11-8-14(11)16-7-6-13(22-16)9-18-10-15-12(2)19-21(5)17(15)20(3)4/h6-7,11,14,18H,8-10H2,1-5H3.